The Balaban J connectivity index is 2.07. The van der Waals surface area contributed by atoms with Crippen LogP contribution in [0.3, 0.4) is 0 Å². The van der Waals surface area contributed by atoms with E-state index in [4.69, 9.17) is 4.42 Å². The highest BCUT2D eigenvalue weighted by atomic mass is 19.1. The zero-order chi connectivity index (χ0) is 15.2. The normalized spacial score (nSPS) is 11.1. The minimum Gasteiger partial charge on any atom is -0.406 e. The van der Waals surface area contributed by atoms with Crippen molar-refractivity contribution in [2.75, 3.05) is 18.0 Å². The maximum absolute atomic E-state index is 13.3. The van der Waals surface area contributed by atoms with Crippen molar-refractivity contribution < 1.29 is 8.81 Å². The summed E-state index contributed by atoms with van der Waals surface area (Å²) in [7, 11) is 0. The second kappa shape index (κ2) is 7.17. The van der Waals surface area contributed by atoms with Crippen LogP contribution in [-0.4, -0.2) is 23.3 Å². The number of benzene rings is 1. The third-order valence-electron chi connectivity index (χ3n) is 2.95. The van der Waals surface area contributed by atoms with Crippen molar-refractivity contribution in [3.63, 3.8) is 0 Å². The quantitative estimate of drug-likeness (QED) is 0.849. The zero-order valence-corrected chi connectivity index (χ0v) is 12.6. The third kappa shape index (κ3) is 4.26. The van der Waals surface area contributed by atoms with E-state index in [-0.39, 0.29) is 5.82 Å². The Morgan fingerprint density at radius 3 is 2.81 bits per heavy atom. The van der Waals surface area contributed by atoms with Crippen LogP contribution < -0.4 is 10.2 Å². The van der Waals surface area contributed by atoms with Gasteiger partial charge < -0.3 is 9.73 Å². The predicted molar refractivity (Wildman–Crippen MR) is 79.9 cm³/mol. The topological polar surface area (TPSA) is 54.2 Å². The molecule has 114 valence electrons. The Hall–Kier alpha value is -1.95. The van der Waals surface area contributed by atoms with Gasteiger partial charge in [0.2, 0.25) is 5.89 Å². The number of aromatic nitrogens is 2. The minimum atomic E-state index is -0.288. The molecule has 0 fully saturated rings. The minimum absolute atomic E-state index is 0.288. The van der Waals surface area contributed by atoms with Crippen LogP contribution in [0.5, 0.6) is 0 Å². The number of nitrogens with zero attached hydrogens (tertiary/aromatic N) is 3. The molecule has 1 N–H and O–H groups in total. The molecule has 0 atom stereocenters. The molecule has 5 nitrogen and oxygen atoms in total. The maximum Gasteiger partial charge on any atom is 0.322 e. The van der Waals surface area contributed by atoms with E-state index >= 15 is 0 Å². The van der Waals surface area contributed by atoms with Crippen LogP contribution in [0.4, 0.5) is 16.1 Å². The summed E-state index contributed by atoms with van der Waals surface area (Å²) >= 11 is 0. The summed E-state index contributed by atoms with van der Waals surface area (Å²) in [5.74, 6) is 0.802. The average molecular weight is 292 g/mol. The molecule has 0 spiro atoms. The van der Waals surface area contributed by atoms with E-state index in [9.17, 15) is 4.39 Å². The van der Waals surface area contributed by atoms with Gasteiger partial charge in [0.05, 0.1) is 6.54 Å². The van der Waals surface area contributed by atoms with Crippen LogP contribution in [-0.2, 0) is 6.54 Å². The first-order chi connectivity index (χ1) is 10.1. The van der Waals surface area contributed by atoms with E-state index in [1.807, 2.05) is 13.0 Å². The van der Waals surface area contributed by atoms with Crippen molar-refractivity contribution in [1.82, 2.24) is 15.5 Å². The van der Waals surface area contributed by atoms with E-state index in [0.717, 1.165) is 6.54 Å². The van der Waals surface area contributed by atoms with Crippen molar-refractivity contribution in [3.05, 3.63) is 36.0 Å². The highest BCUT2D eigenvalue weighted by molar-refractivity contribution is 5.55. The lowest BCUT2D eigenvalue weighted by Gasteiger charge is -2.17. The fourth-order valence-electron chi connectivity index (χ4n) is 1.97. The van der Waals surface area contributed by atoms with E-state index < -0.39 is 0 Å². The van der Waals surface area contributed by atoms with E-state index in [1.165, 1.54) is 12.1 Å². The van der Waals surface area contributed by atoms with Crippen molar-refractivity contribution in [1.29, 1.82) is 0 Å². The first-order valence-electron chi connectivity index (χ1n) is 7.16. The summed E-state index contributed by atoms with van der Waals surface area (Å²) in [6.45, 7) is 8.26. The molecule has 0 saturated heterocycles. The van der Waals surface area contributed by atoms with Crippen LogP contribution in [0, 0.1) is 11.7 Å². The fourth-order valence-corrected chi connectivity index (χ4v) is 1.97. The Kier molecular flexibility index (Phi) is 5.27. The zero-order valence-electron chi connectivity index (χ0n) is 12.6. The lowest BCUT2D eigenvalue weighted by molar-refractivity contribution is 0.453. The second-order valence-corrected chi connectivity index (χ2v) is 5.23. The first kappa shape index (κ1) is 15.4. The molecular weight excluding hydrogens is 271 g/mol. The Labute approximate surface area is 124 Å². The molecule has 2 aromatic rings. The highest BCUT2D eigenvalue weighted by Crippen LogP contribution is 2.24. The largest absolute Gasteiger partial charge is 0.406 e. The van der Waals surface area contributed by atoms with Gasteiger partial charge in [0, 0.05) is 12.2 Å². The summed E-state index contributed by atoms with van der Waals surface area (Å²) in [6, 6.07) is 6.71. The molecule has 1 aromatic carbocycles. The van der Waals surface area contributed by atoms with Crippen molar-refractivity contribution in [3.8, 4) is 0 Å². The number of rotatable bonds is 7. The number of halogens is 1. The second-order valence-electron chi connectivity index (χ2n) is 5.23. The number of hydrogen-bond acceptors (Lipinski definition) is 5. The fraction of sp³-hybridized carbons (Fsp3) is 0.467. The molecule has 0 radical (unpaired) electrons. The SMILES string of the molecule is CCN(c1cccc(F)c1)c1nnc(CNCC(C)C)o1. The molecule has 21 heavy (non-hydrogen) atoms. The van der Waals surface area contributed by atoms with Crippen molar-refractivity contribution in [2.45, 2.75) is 27.3 Å². The highest BCUT2D eigenvalue weighted by Gasteiger charge is 2.15. The monoisotopic (exact) mass is 292 g/mol. The molecule has 1 heterocycles. The van der Waals surface area contributed by atoms with Crippen LogP contribution in [0.15, 0.2) is 28.7 Å². The van der Waals surface area contributed by atoms with Gasteiger partial charge in [-0.1, -0.05) is 25.0 Å². The van der Waals surface area contributed by atoms with Gasteiger partial charge in [-0.05, 0) is 37.6 Å². The average Bonchev–Trinajstić information content (AvgIpc) is 2.88. The summed E-state index contributed by atoms with van der Waals surface area (Å²) in [5.41, 5.74) is 0.697. The van der Waals surface area contributed by atoms with Crippen LogP contribution in [0.2, 0.25) is 0 Å². The molecule has 0 bridgehead atoms. The summed E-state index contributed by atoms with van der Waals surface area (Å²) in [5, 5.41) is 11.3. The Morgan fingerprint density at radius 2 is 2.14 bits per heavy atom. The van der Waals surface area contributed by atoms with E-state index in [2.05, 4.69) is 29.4 Å². The van der Waals surface area contributed by atoms with Gasteiger partial charge >= 0.3 is 6.01 Å². The number of nitrogens with one attached hydrogen (secondary N) is 1. The molecule has 0 saturated carbocycles. The van der Waals surface area contributed by atoms with Gasteiger partial charge in [-0.2, -0.15) is 0 Å². The van der Waals surface area contributed by atoms with Crippen molar-refractivity contribution in [2.24, 2.45) is 5.92 Å². The van der Waals surface area contributed by atoms with Crippen molar-refractivity contribution >= 4 is 11.7 Å². The molecule has 2 rings (SSSR count). The van der Waals surface area contributed by atoms with Crippen LogP contribution >= 0.6 is 0 Å². The molecule has 0 aliphatic carbocycles. The Morgan fingerprint density at radius 1 is 1.33 bits per heavy atom. The van der Waals surface area contributed by atoms with Crippen LogP contribution in [0.25, 0.3) is 0 Å². The molecule has 0 aliphatic rings. The molecule has 1 aromatic heterocycles. The number of anilines is 2. The lowest BCUT2D eigenvalue weighted by Crippen LogP contribution is -2.19. The summed E-state index contributed by atoms with van der Waals surface area (Å²) < 4.78 is 19.0. The smallest absolute Gasteiger partial charge is 0.322 e. The lowest BCUT2D eigenvalue weighted by atomic mass is 10.2. The summed E-state index contributed by atoms with van der Waals surface area (Å²) in [4.78, 5) is 1.78. The van der Waals surface area contributed by atoms with Gasteiger partial charge in [-0.3, -0.25) is 4.90 Å². The third-order valence-corrected chi connectivity index (χ3v) is 2.95. The van der Waals surface area contributed by atoms with Gasteiger partial charge in [-0.25, -0.2) is 4.39 Å². The Bertz CT molecular complexity index is 570. The van der Waals surface area contributed by atoms with Crippen LogP contribution in [0.1, 0.15) is 26.7 Å². The van der Waals surface area contributed by atoms with Gasteiger partial charge in [0.1, 0.15) is 5.82 Å². The predicted octanol–water partition coefficient (Wildman–Crippen LogP) is 3.11. The maximum atomic E-state index is 13.3. The van der Waals surface area contributed by atoms with Gasteiger partial charge in [0.25, 0.3) is 0 Å². The van der Waals surface area contributed by atoms with E-state index in [1.54, 1.807) is 11.0 Å². The molecule has 6 heteroatoms. The van der Waals surface area contributed by atoms with Gasteiger partial charge in [0.15, 0.2) is 0 Å². The van der Waals surface area contributed by atoms with Gasteiger partial charge in [-0.15, -0.1) is 5.10 Å². The first-order valence-corrected chi connectivity index (χ1v) is 7.16. The van der Waals surface area contributed by atoms with E-state index in [0.29, 0.717) is 36.6 Å². The number of hydrogen-bond donors (Lipinski definition) is 1. The molecule has 0 aliphatic heterocycles. The molecule has 0 unspecified atom stereocenters. The summed E-state index contributed by atoms with van der Waals surface area (Å²) in [6.07, 6.45) is 0. The standard InChI is InChI=1S/C15H21FN4O/c1-4-20(13-7-5-6-12(16)8-13)15-19-18-14(21-15)10-17-9-11(2)3/h5-8,11,17H,4,9-10H2,1-3H3. The molecular formula is C15H21FN4O. The molecule has 0 amide bonds.